The van der Waals surface area contributed by atoms with Gasteiger partial charge in [0.2, 0.25) is 0 Å². The molecule has 12 rings (SSSR count). The second kappa shape index (κ2) is 13.0. The molecule has 0 radical (unpaired) electrons. The van der Waals surface area contributed by atoms with Crippen molar-refractivity contribution in [3.05, 3.63) is 218 Å². The highest BCUT2D eigenvalue weighted by Crippen LogP contribution is 2.47. The average Bonchev–Trinajstić information content (AvgIpc) is 3.37. The summed E-state index contributed by atoms with van der Waals surface area (Å²) in [6.07, 6.45) is 0. The lowest BCUT2D eigenvalue weighted by Crippen LogP contribution is -1.92. The van der Waals surface area contributed by atoms with Crippen LogP contribution in [0, 0.1) is 0 Å². The van der Waals surface area contributed by atoms with E-state index in [9.17, 15) is 5.48 Å². The van der Waals surface area contributed by atoms with Crippen LogP contribution in [0.4, 0.5) is 0 Å². The molecule has 0 saturated carbocycles. The molecule has 0 unspecified atom stereocenters. The van der Waals surface area contributed by atoms with E-state index in [0.717, 1.165) is 70.7 Å². The van der Waals surface area contributed by atoms with E-state index >= 15 is 0 Å². The molecule has 0 aromatic heterocycles. The molecule has 0 bridgehead atoms. The maximum absolute atomic E-state index is 9.60. The van der Waals surface area contributed by atoms with E-state index in [1.54, 1.807) is 0 Å². The van der Waals surface area contributed by atoms with E-state index in [4.69, 9.17) is 5.48 Å². The summed E-state index contributed by atoms with van der Waals surface area (Å²) in [5.74, 6) is 0. The molecule has 0 saturated heterocycles. The first kappa shape index (κ1) is 25.6. The van der Waals surface area contributed by atoms with Crippen LogP contribution in [0.25, 0.3) is 120 Å². The van der Waals surface area contributed by atoms with Crippen molar-refractivity contribution >= 4 is 75.4 Å². The highest BCUT2D eigenvalue weighted by Gasteiger charge is 2.19. The Hall–Kier alpha value is -7.54. The summed E-state index contributed by atoms with van der Waals surface area (Å²) in [4.78, 5) is 0. The predicted molar refractivity (Wildman–Crippen MR) is 251 cm³/mol. The molecule has 58 heavy (non-hydrogen) atoms. The molecule has 0 nitrogen and oxygen atoms in total. The highest BCUT2D eigenvalue weighted by atomic mass is 14.2. The van der Waals surface area contributed by atoms with Crippen molar-refractivity contribution < 1.29 is 11.0 Å². The summed E-state index contributed by atoms with van der Waals surface area (Å²) in [5, 5.41) is 11.9. The van der Waals surface area contributed by atoms with Crippen LogP contribution in [0.1, 0.15) is 11.0 Å². The second-order valence-corrected chi connectivity index (χ2v) is 15.0. The van der Waals surface area contributed by atoms with Gasteiger partial charge in [-0.1, -0.05) is 194 Å². The molecular weight excluding hydrogens is 697 g/mol. The van der Waals surface area contributed by atoms with Gasteiger partial charge in [0.1, 0.15) is 0 Å². The predicted octanol–water partition coefficient (Wildman–Crippen LogP) is 16.4. The molecule has 0 aliphatic carbocycles. The van der Waals surface area contributed by atoms with Gasteiger partial charge in [-0.15, -0.1) is 0 Å². The average molecular weight is 741 g/mol. The molecular formula is C58H36. The van der Waals surface area contributed by atoms with Gasteiger partial charge in [0.05, 0.1) is 11.0 Å². The summed E-state index contributed by atoms with van der Waals surface area (Å²) < 4.78 is 74.3. The Morgan fingerprint density at radius 2 is 0.690 bits per heavy atom. The first-order chi connectivity index (χ1) is 32.1. The molecule has 268 valence electrons. The van der Waals surface area contributed by atoms with E-state index in [1.807, 2.05) is 72.8 Å². The smallest absolute Gasteiger partial charge is 0.0616 e. The Morgan fingerprint density at radius 3 is 1.31 bits per heavy atom. The van der Waals surface area contributed by atoms with Crippen LogP contribution < -0.4 is 0 Å². The number of rotatable bonds is 4. The van der Waals surface area contributed by atoms with E-state index in [1.165, 1.54) is 5.39 Å². The van der Waals surface area contributed by atoms with Gasteiger partial charge < -0.3 is 0 Å². The largest absolute Gasteiger partial charge is 0.0629 e. The standard InChI is InChI=1S/C58H36/c1-2-16-38-33-40(32-31-37(38)15-1)39-17-13-19-42(34-39)56-50-27-9-11-29-52(50)57(53-30-12-10-28-51(53)56)43-20-14-18-41(35-43)54-36-55-46-23-4-3-21-44(46)45-22-5-7-25-48(45)58(55)49-26-8-6-24-47(49)54/h1-36H/i9D,10D,11D,12D,27D,28D,29D,30D. The van der Waals surface area contributed by atoms with Crippen LogP contribution in [-0.2, 0) is 0 Å². The third-order valence-electron chi connectivity index (χ3n) is 11.8. The van der Waals surface area contributed by atoms with Gasteiger partial charge >= 0.3 is 0 Å². The summed E-state index contributed by atoms with van der Waals surface area (Å²) in [7, 11) is 0. The maximum atomic E-state index is 9.60. The Morgan fingerprint density at radius 1 is 0.259 bits per heavy atom. The Labute approximate surface area is 348 Å². The Bertz CT molecular complexity index is 4020. The molecule has 0 heterocycles. The topological polar surface area (TPSA) is 0 Å². The van der Waals surface area contributed by atoms with Crippen LogP contribution >= 0.6 is 0 Å². The zero-order valence-corrected chi connectivity index (χ0v) is 31.2. The Kier molecular flexibility index (Phi) is 5.74. The maximum Gasteiger partial charge on any atom is 0.0629 e. The Balaban J connectivity index is 1.19. The first-order valence-electron chi connectivity index (χ1n) is 23.5. The number of benzene rings is 12. The molecule has 12 aromatic carbocycles. The second-order valence-electron chi connectivity index (χ2n) is 15.0. The third-order valence-corrected chi connectivity index (χ3v) is 11.8. The lowest BCUT2D eigenvalue weighted by molar-refractivity contribution is 1.62. The van der Waals surface area contributed by atoms with Crippen molar-refractivity contribution in [1.82, 2.24) is 0 Å². The molecule has 0 aliphatic heterocycles. The SMILES string of the molecule is [2H]c1c([2H])c([2H])c2c(-c3cccc(-c4cc5c6ccccc6c6ccccc6c5c5ccccc45)c3)c3c([2H])c([2H])c([2H])c([2H])c3c(-c3cccc(-c4ccc5ccccc5c4)c3)c2c1[2H]. The molecule has 0 spiro atoms. The van der Waals surface area contributed by atoms with Crippen molar-refractivity contribution in [2.75, 3.05) is 0 Å². The molecule has 0 amide bonds. The van der Waals surface area contributed by atoms with E-state index in [-0.39, 0.29) is 45.7 Å². The van der Waals surface area contributed by atoms with Crippen LogP contribution in [0.5, 0.6) is 0 Å². The van der Waals surface area contributed by atoms with Crippen molar-refractivity contribution in [2.45, 2.75) is 0 Å². The summed E-state index contributed by atoms with van der Waals surface area (Å²) in [6.45, 7) is 0. The van der Waals surface area contributed by atoms with Gasteiger partial charge in [-0.25, -0.2) is 0 Å². The van der Waals surface area contributed by atoms with Crippen molar-refractivity contribution in [3.63, 3.8) is 0 Å². The van der Waals surface area contributed by atoms with E-state index in [2.05, 4.69) is 97.1 Å². The summed E-state index contributed by atoms with van der Waals surface area (Å²) >= 11 is 0. The molecule has 12 aromatic rings. The van der Waals surface area contributed by atoms with Crippen molar-refractivity contribution in [2.24, 2.45) is 0 Å². The zero-order valence-electron chi connectivity index (χ0n) is 39.2. The van der Waals surface area contributed by atoms with Gasteiger partial charge in [-0.3, -0.25) is 0 Å². The van der Waals surface area contributed by atoms with E-state index < -0.39 is 24.2 Å². The van der Waals surface area contributed by atoms with Crippen LogP contribution in [0.2, 0.25) is 0 Å². The van der Waals surface area contributed by atoms with Gasteiger partial charge in [0.25, 0.3) is 0 Å². The molecule has 0 atom stereocenters. The van der Waals surface area contributed by atoms with Gasteiger partial charge in [0, 0.05) is 0 Å². The number of fused-ring (bicyclic) bond motifs is 11. The number of hydrogen-bond acceptors (Lipinski definition) is 0. The fraction of sp³-hybridized carbons (Fsp3) is 0. The fourth-order valence-electron chi connectivity index (χ4n) is 9.27. The van der Waals surface area contributed by atoms with Crippen LogP contribution in [0.15, 0.2) is 218 Å². The van der Waals surface area contributed by atoms with E-state index in [0.29, 0.717) is 22.3 Å². The number of hydrogen-bond donors (Lipinski definition) is 0. The molecule has 0 aliphatic rings. The molecule has 0 fully saturated rings. The lowest BCUT2D eigenvalue weighted by atomic mass is 9.84. The van der Waals surface area contributed by atoms with Gasteiger partial charge in [-0.05, 0) is 144 Å². The summed E-state index contributed by atoms with van der Waals surface area (Å²) in [6, 6.07) is 54.5. The minimum absolute atomic E-state index is 0.183. The third kappa shape index (κ3) is 5.02. The molecule has 0 N–H and O–H groups in total. The van der Waals surface area contributed by atoms with Crippen LogP contribution in [-0.4, -0.2) is 0 Å². The summed E-state index contributed by atoms with van der Waals surface area (Å²) in [5.41, 5.74) is 5.34. The normalized spacial score (nSPS) is 13.7. The fourth-order valence-corrected chi connectivity index (χ4v) is 9.27. The van der Waals surface area contributed by atoms with Gasteiger partial charge in [0.15, 0.2) is 0 Å². The lowest BCUT2D eigenvalue weighted by Gasteiger charge is -2.19. The van der Waals surface area contributed by atoms with Crippen molar-refractivity contribution in [1.29, 1.82) is 0 Å². The minimum atomic E-state index is -0.430. The minimum Gasteiger partial charge on any atom is -0.0616 e. The zero-order chi connectivity index (χ0) is 45.1. The highest BCUT2D eigenvalue weighted by molar-refractivity contribution is 6.33. The monoisotopic (exact) mass is 740 g/mol. The van der Waals surface area contributed by atoms with Crippen LogP contribution in [0.3, 0.4) is 0 Å². The first-order valence-corrected chi connectivity index (χ1v) is 19.5. The quantitative estimate of drug-likeness (QED) is 0.124. The van der Waals surface area contributed by atoms with Crippen molar-refractivity contribution in [3.8, 4) is 44.5 Å². The van der Waals surface area contributed by atoms with Gasteiger partial charge in [-0.2, -0.15) is 0 Å². The molecule has 0 heteroatoms.